The van der Waals surface area contributed by atoms with Crippen molar-refractivity contribution >= 4 is 39.8 Å². The van der Waals surface area contributed by atoms with Crippen LogP contribution in [0.3, 0.4) is 0 Å². The maximum atomic E-state index is 4.17. The van der Waals surface area contributed by atoms with Gasteiger partial charge in [0.05, 0.1) is 5.69 Å². The minimum Gasteiger partial charge on any atom is -0.373 e. The summed E-state index contributed by atoms with van der Waals surface area (Å²) < 4.78 is 1.20. The largest absolute Gasteiger partial charge is 0.373 e. The maximum Gasteiger partial charge on any atom is 0.127 e. The van der Waals surface area contributed by atoms with Gasteiger partial charge in [-0.3, -0.25) is 0 Å². The van der Waals surface area contributed by atoms with Gasteiger partial charge in [-0.15, -0.1) is 0 Å². The fourth-order valence-corrected chi connectivity index (χ4v) is 1.89. The van der Waals surface area contributed by atoms with Crippen LogP contribution >= 0.6 is 22.6 Å². The van der Waals surface area contributed by atoms with Crippen molar-refractivity contribution in [3.63, 3.8) is 0 Å². The van der Waals surface area contributed by atoms with Gasteiger partial charge >= 0.3 is 0 Å². The summed E-state index contributed by atoms with van der Waals surface area (Å²) in [5.41, 5.74) is 2.14. The van der Waals surface area contributed by atoms with E-state index in [0.29, 0.717) is 0 Å². The Morgan fingerprint density at radius 3 is 2.75 bits per heavy atom. The van der Waals surface area contributed by atoms with Gasteiger partial charge in [-0.25, -0.2) is 4.98 Å². The molecule has 16 heavy (non-hydrogen) atoms. The molecule has 0 unspecified atom stereocenters. The molecule has 2 aromatic rings. The summed E-state index contributed by atoms with van der Waals surface area (Å²) in [5, 5.41) is 6.37. The molecule has 0 saturated heterocycles. The Morgan fingerprint density at radius 2 is 2.00 bits per heavy atom. The first-order chi connectivity index (χ1) is 7.79. The Labute approximate surface area is 108 Å². The van der Waals surface area contributed by atoms with E-state index in [4.69, 9.17) is 0 Å². The molecule has 1 heterocycles. The molecule has 1 aromatic heterocycles. The van der Waals surface area contributed by atoms with E-state index in [1.165, 1.54) is 3.57 Å². The van der Waals surface area contributed by atoms with Crippen LogP contribution in [0.2, 0.25) is 0 Å². The van der Waals surface area contributed by atoms with E-state index in [0.717, 1.165) is 17.2 Å². The van der Waals surface area contributed by atoms with Gasteiger partial charge in [0.1, 0.15) is 5.82 Å². The Hall–Kier alpha value is -1.30. The number of para-hydroxylation sites is 1. The minimum atomic E-state index is 0.857. The Morgan fingerprint density at radius 1 is 1.19 bits per heavy atom. The zero-order valence-corrected chi connectivity index (χ0v) is 11.0. The number of nitrogens with one attached hydrogen (secondary N) is 2. The van der Waals surface area contributed by atoms with Crippen molar-refractivity contribution in [3.05, 3.63) is 46.2 Å². The smallest absolute Gasteiger partial charge is 0.127 e. The minimum absolute atomic E-state index is 0.857. The fraction of sp³-hybridized carbons (Fsp3) is 0.0833. The van der Waals surface area contributed by atoms with E-state index in [-0.39, 0.29) is 0 Å². The van der Waals surface area contributed by atoms with Crippen molar-refractivity contribution in [1.82, 2.24) is 4.98 Å². The highest BCUT2D eigenvalue weighted by molar-refractivity contribution is 14.1. The average molecular weight is 325 g/mol. The first-order valence-electron chi connectivity index (χ1n) is 4.95. The van der Waals surface area contributed by atoms with Gasteiger partial charge in [0.2, 0.25) is 0 Å². The van der Waals surface area contributed by atoms with E-state index in [1.54, 1.807) is 6.20 Å². The molecule has 4 heteroatoms. The molecular weight excluding hydrogens is 313 g/mol. The van der Waals surface area contributed by atoms with Crippen molar-refractivity contribution in [2.75, 3.05) is 17.7 Å². The number of benzene rings is 1. The Kier molecular flexibility index (Phi) is 3.61. The highest BCUT2D eigenvalue weighted by Gasteiger charge is 1.99. The highest BCUT2D eigenvalue weighted by Crippen LogP contribution is 2.22. The highest BCUT2D eigenvalue weighted by atomic mass is 127. The summed E-state index contributed by atoms with van der Waals surface area (Å²) in [6.45, 7) is 0. The van der Waals surface area contributed by atoms with Crippen LogP contribution in [0.25, 0.3) is 0 Å². The topological polar surface area (TPSA) is 37.0 Å². The monoisotopic (exact) mass is 325 g/mol. The van der Waals surface area contributed by atoms with Crippen molar-refractivity contribution in [1.29, 1.82) is 0 Å². The molecule has 0 radical (unpaired) electrons. The van der Waals surface area contributed by atoms with Crippen LogP contribution in [0, 0.1) is 3.57 Å². The molecule has 3 nitrogen and oxygen atoms in total. The second-order valence-electron chi connectivity index (χ2n) is 3.28. The lowest BCUT2D eigenvalue weighted by atomic mass is 10.3. The van der Waals surface area contributed by atoms with Crippen LogP contribution in [0.5, 0.6) is 0 Å². The molecule has 0 fully saturated rings. The van der Waals surface area contributed by atoms with Gasteiger partial charge in [-0.1, -0.05) is 12.1 Å². The molecule has 1 aromatic carbocycles. The molecule has 0 aliphatic heterocycles. The Bertz CT molecular complexity index is 485. The second kappa shape index (κ2) is 5.16. The number of halogens is 1. The summed E-state index contributed by atoms with van der Waals surface area (Å²) in [6, 6.07) is 12.1. The molecule has 0 aliphatic rings. The number of rotatable bonds is 3. The molecule has 0 saturated carbocycles. The molecule has 0 spiro atoms. The standard InChI is InChI=1S/C12H12IN3/c1-14-12-8-9(6-7-15-12)16-11-5-3-2-4-10(11)13/h2-8H,1H3,(H2,14,15,16). The molecule has 0 bridgehead atoms. The summed E-state index contributed by atoms with van der Waals surface area (Å²) in [4.78, 5) is 4.17. The number of nitrogens with zero attached hydrogens (tertiary/aromatic N) is 1. The third kappa shape index (κ3) is 2.63. The molecule has 0 aliphatic carbocycles. The van der Waals surface area contributed by atoms with Crippen LogP contribution in [0.4, 0.5) is 17.2 Å². The lowest BCUT2D eigenvalue weighted by Crippen LogP contribution is -1.96. The van der Waals surface area contributed by atoms with Crippen molar-refractivity contribution < 1.29 is 0 Å². The number of hydrogen-bond acceptors (Lipinski definition) is 3. The third-order valence-electron chi connectivity index (χ3n) is 2.17. The van der Waals surface area contributed by atoms with Gasteiger partial charge < -0.3 is 10.6 Å². The summed E-state index contributed by atoms with van der Waals surface area (Å²) in [7, 11) is 1.86. The van der Waals surface area contributed by atoms with Gasteiger partial charge in [0, 0.05) is 28.6 Å². The van der Waals surface area contributed by atoms with E-state index >= 15 is 0 Å². The number of aromatic nitrogens is 1. The zero-order chi connectivity index (χ0) is 11.4. The second-order valence-corrected chi connectivity index (χ2v) is 4.45. The van der Waals surface area contributed by atoms with E-state index in [2.05, 4.69) is 50.3 Å². The van der Waals surface area contributed by atoms with Crippen molar-refractivity contribution in [2.24, 2.45) is 0 Å². The summed E-state index contributed by atoms with van der Waals surface area (Å²) in [5.74, 6) is 0.857. The van der Waals surface area contributed by atoms with Gasteiger partial charge in [-0.05, 0) is 40.8 Å². The predicted octanol–water partition coefficient (Wildman–Crippen LogP) is 3.47. The number of anilines is 3. The molecule has 0 atom stereocenters. The Balaban J connectivity index is 2.24. The SMILES string of the molecule is CNc1cc(Nc2ccccc2I)ccn1. The summed E-state index contributed by atoms with van der Waals surface area (Å²) >= 11 is 2.31. The van der Waals surface area contributed by atoms with E-state index < -0.39 is 0 Å². The van der Waals surface area contributed by atoms with Crippen LogP contribution in [0.1, 0.15) is 0 Å². The third-order valence-corrected chi connectivity index (χ3v) is 3.11. The van der Waals surface area contributed by atoms with Crippen LogP contribution in [-0.4, -0.2) is 12.0 Å². The summed E-state index contributed by atoms with van der Waals surface area (Å²) in [6.07, 6.45) is 1.78. The molecular formula is C12H12IN3. The lowest BCUT2D eigenvalue weighted by molar-refractivity contribution is 1.28. The predicted molar refractivity (Wildman–Crippen MR) is 76.2 cm³/mol. The molecule has 2 rings (SSSR count). The first kappa shape index (κ1) is 11.2. The zero-order valence-electron chi connectivity index (χ0n) is 8.87. The van der Waals surface area contributed by atoms with Crippen LogP contribution < -0.4 is 10.6 Å². The number of pyridine rings is 1. The molecule has 82 valence electrons. The number of hydrogen-bond donors (Lipinski definition) is 2. The lowest BCUT2D eigenvalue weighted by Gasteiger charge is -2.09. The average Bonchev–Trinajstić information content (AvgIpc) is 2.32. The molecule has 2 N–H and O–H groups in total. The quantitative estimate of drug-likeness (QED) is 0.849. The van der Waals surface area contributed by atoms with Gasteiger partial charge in [0.15, 0.2) is 0 Å². The van der Waals surface area contributed by atoms with Crippen molar-refractivity contribution in [2.45, 2.75) is 0 Å². The maximum absolute atomic E-state index is 4.17. The van der Waals surface area contributed by atoms with Crippen LogP contribution in [0.15, 0.2) is 42.6 Å². The van der Waals surface area contributed by atoms with Gasteiger partial charge in [0.25, 0.3) is 0 Å². The first-order valence-corrected chi connectivity index (χ1v) is 6.03. The molecule has 0 amide bonds. The fourth-order valence-electron chi connectivity index (χ4n) is 1.36. The van der Waals surface area contributed by atoms with E-state index in [9.17, 15) is 0 Å². The van der Waals surface area contributed by atoms with E-state index in [1.807, 2.05) is 31.3 Å². The normalized spacial score (nSPS) is 9.88. The van der Waals surface area contributed by atoms with Crippen LogP contribution in [-0.2, 0) is 0 Å². The van der Waals surface area contributed by atoms with Gasteiger partial charge in [-0.2, -0.15) is 0 Å². The van der Waals surface area contributed by atoms with Crippen molar-refractivity contribution in [3.8, 4) is 0 Å².